The fraction of sp³-hybridized carbons (Fsp3) is 0.188. The SMILES string of the molecule is COc1ccc(Cl)cc1NCCC(=O)Nc1cccc(Cl)c1. The van der Waals surface area contributed by atoms with Crippen LogP contribution in [0.15, 0.2) is 42.5 Å². The van der Waals surface area contributed by atoms with Crippen molar-refractivity contribution in [2.24, 2.45) is 0 Å². The lowest BCUT2D eigenvalue weighted by Crippen LogP contribution is -2.16. The van der Waals surface area contributed by atoms with Gasteiger partial charge in [0.15, 0.2) is 0 Å². The second kappa shape index (κ2) is 7.92. The molecule has 0 atom stereocenters. The molecule has 1 amide bonds. The Kier molecular flexibility index (Phi) is 5.92. The molecule has 0 radical (unpaired) electrons. The number of halogens is 2. The standard InChI is InChI=1S/C16H16Cl2N2O2/c1-22-15-6-5-12(18)10-14(15)19-8-7-16(21)20-13-4-2-3-11(17)9-13/h2-6,9-10,19H,7-8H2,1H3,(H,20,21). The van der Waals surface area contributed by atoms with Gasteiger partial charge in [0.25, 0.3) is 0 Å². The molecule has 0 saturated heterocycles. The Morgan fingerprint density at radius 3 is 2.64 bits per heavy atom. The van der Waals surface area contributed by atoms with Crippen LogP contribution in [0.1, 0.15) is 6.42 Å². The Morgan fingerprint density at radius 1 is 1.14 bits per heavy atom. The number of methoxy groups -OCH3 is 1. The van der Waals surface area contributed by atoms with Crippen molar-refractivity contribution in [3.05, 3.63) is 52.5 Å². The molecule has 0 aliphatic rings. The van der Waals surface area contributed by atoms with Gasteiger partial charge in [0, 0.05) is 28.7 Å². The first-order chi connectivity index (χ1) is 10.6. The van der Waals surface area contributed by atoms with Gasteiger partial charge in [-0.1, -0.05) is 29.3 Å². The van der Waals surface area contributed by atoms with Crippen molar-refractivity contribution < 1.29 is 9.53 Å². The van der Waals surface area contributed by atoms with Crippen LogP contribution in [0, 0.1) is 0 Å². The third-order valence-corrected chi connectivity index (χ3v) is 3.41. The van der Waals surface area contributed by atoms with Crippen molar-refractivity contribution in [3.63, 3.8) is 0 Å². The Bertz CT molecular complexity index is 662. The minimum atomic E-state index is -0.101. The third-order valence-electron chi connectivity index (χ3n) is 2.94. The number of rotatable bonds is 6. The van der Waals surface area contributed by atoms with Crippen molar-refractivity contribution in [2.45, 2.75) is 6.42 Å². The third kappa shape index (κ3) is 4.83. The Morgan fingerprint density at radius 2 is 1.91 bits per heavy atom. The highest BCUT2D eigenvalue weighted by atomic mass is 35.5. The number of nitrogens with one attached hydrogen (secondary N) is 2. The second-order valence-electron chi connectivity index (χ2n) is 4.58. The lowest BCUT2D eigenvalue weighted by molar-refractivity contribution is -0.115. The Balaban J connectivity index is 1.86. The largest absolute Gasteiger partial charge is 0.495 e. The van der Waals surface area contributed by atoms with E-state index in [1.807, 2.05) is 0 Å². The predicted octanol–water partition coefficient (Wildman–Crippen LogP) is 4.44. The molecule has 2 N–H and O–H groups in total. The van der Waals surface area contributed by atoms with Crippen molar-refractivity contribution in [1.82, 2.24) is 0 Å². The Labute approximate surface area is 139 Å². The van der Waals surface area contributed by atoms with Crippen molar-refractivity contribution in [1.29, 1.82) is 0 Å². The van der Waals surface area contributed by atoms with Crippen LogP contribution in [0.2, 0.25) is 10.0 Å². The average molecular weight is 339 g/mol. The first kappa shape index (κ1) is 16.5. The van der Waals surface area contributed by atoms with Crippen molar-refractivity contribution in [2.75, 3.05) is 24.3 Å². The summed E-state index contributed by atoms with van der Waals surface area (Å²) < 4.78 is 5.23. The summed E-state index contributed by atoms with van der Waals surface area (Å²) in [6, 6.07) is 12.3. The maximum Gasteiger partial charge on any atom is 0.226 e. The molecule has 0 saturated carbocycles. The van der Waals surface area contributed by atoms with Crippen LogP contribution in [0.4, 0.5) is 11.4 Å². The first-order valence-electron chi connectivity index (χ1n) is 6.71. The minimum Gasteiger partial charge on any atom is -0.495 e. The van der Waals surface area contributed by atoms with E-state index >= 15 is 0 Å². The number of carbonyl (C=O) groups excluding carboxylic acids is 1. The normalized spacial score (nSPS) is 10.1. The van der Waals surface area contributed by atoms with Crippen LogP contribution in [0.3, 0.4) is 0 Å². The molecule has 0 aliphatic heterocycles. The molecule has 0 bridgehead atoms. The molecule has 0 aliphatic carbocycles. The maximum absolute atomic E-state index is 11.9. The molecule has 0 unspecified atom stereocenters. The van der Waals surface area contributed by atoms with Crippen LogP contribution in [-0.2, 0) is 4.79 Å². The molecule has 22 heavy (non-hydrogen) atoms. The van der Waals surface area contributed by atoms with Gasteiger partial charge >= 0.3 is 0 Å². The zero-order valence-corrected chi connectivity index (χ0v) is 13.5. The van der Waals surface area contributed by atoms with E-state index in [4.69, 9.17) is 27.9 Å². The topological polar surface area (TPSA) is 50.4 Å². The van der Waals surface area contributed by atoms with Crippen molar-refractivity contribution >= 4 is 40.5 Å². The van der Waals surface area contributed by atoms with Gasteiger partial charge in [-0.2, -0.15) is 0 Å². The summed E-state index contributed by atoms with van der Waals surface area (Å²) in [5.74, 6) is 0.579. The zero-order chi connectivity index (χ0) is 15.9. The monoisotopic (exact) mass is 338 g/mol. The molecule has 2 aromatic rings. The number of ether oxygens (including phenoxy) is 1. The maximum atomic E-state index is 11.9. The molecule has 0 fully saturated rings. The summed E-state index contributed by atoms with van der Waals surface area (Å²) in [5.41, 5.74) is 1.43. The van der Waals surface area contributed by atoms with Gasteiger partial charge in [-0.15, -0.1) is 0 Å². The van der Waals surface area contributed by atoms with Crippen LogP contribution in [-0.4, -0.2) is 19.6 Å². The van der Waals surface area contributed by atoms with Gasteiger partial charge in [-0.3, -0.25) is 4.79 Å². The summed E-state index contributed by atoms with van der Waals surface area (Å²) in [7, 11) is 1.58. The van der Waals surface area contributed by atoms with Crippen molar-refractivity contribution in [3.8, 4) is 5.75 Å². The number of amides is 1. The number of hydrogen-bond donors (Lipinski definition) is 2. The van der Waals surface area contributed by atoms with E-state index in [0.29, 0.717) is 34.4 Å². The van der Waals surface area contributed by atoms with E-state index < -0.39 is 0 Å². The minimum absolute atomic E-state index is 0.101. The molecular weight excluding hydrogens is 323 g/mol. The quantitative estimate of drug-likeness (QED) is 0.818. The lowest BCUT2D eigenvalue weighted by Gasteiger charge is -2.11. The number of hydrogen-bond acceptors (Lipinski definition) is 3. The molecule has 2 aromatic carbocycles. The fourth-order valence-electron chi connectivity index (χ4n) is 1.92. The van der Waals surface area contributed by atoms with E-state index in [0.717, 1.165) is 5.69 Å². The molecule has 6 heteroatoms. The number of carbonyl (C=O) groups is 1. The zero-order valence-electron chi connectivity index (χ0n) is 12.0. The summed E-state index contributed by atoms with van der Waals surface area (Å²) in [5, 5.41) is 7.11. The van der Waals surface area contributed by atoms with E-state index in [-0.39, 0.29) is 5.91 Å². The van der Waals surface area contributed by atoms with Gasteiger partial charge in [-0.25, -0.2) is 0 Å². The number of benzene rings is 2. The molecular formula is C16H16Cl2N2O2. The Hall–Kier alpha value is -1.91. The molecule has 116 valence electrons. The number of anilines is 2. The lowest BCUT2D eigenvalue weighted by atomic mass is 10.2. The van der Waals surface area contributed by atoms with Crippen LogP contribution in [0.5, 0.6) is 5.75 Å². The molecule has 2 rings (SSSR count). The van der Waals surface area contributed by atoms with Crippen LogP contribution in [0.25, 0.3) is 0 Å². The average Bonchev–Trinajstić information content (AvgIpc) is 2.47. The van der Waals surface area contributed by atoms with Gasteiger partial charge in [-0.05, 0) is 36.4 Å². The molecule has 0 spiro atoms. The summed E-state index contributed by atoms with van der Waals surface area (Å²) >= 11 is 11.8. The predicted molar refractivity (Wildman–Crippen MR) is 91.2 cm³/mol. The smallest absolute Gasteiger partial charge is 0.226 e. The fourth-order valence-corrected chi connectivity index (χ4v) is 2.28. The van der Waals surface area contributed by atoms with E-state index in [9.17, 15) is 4.79 Å². The summed E-state index contributed by atoms with van der Waals surface area (Å²) in [4.78, 5) is 11.9. The highest BCUT2D eigenvalue weighted by Gasteiger charge is 2.06. The first-order valence-corrected chi connectivity index (χ1v) is 7.47. The highest BCUT2D eigenvalue weighted by molar-refractivity contribution is 6.31. The summed E-state index contributed by atoms with van der Waals surface area (Å²) in [6.45, 7) is 0.461. The van der Waals surface area contributed by atoms with Gasteiger partial charge in [0.1, 0.15) is 5.75 Å². The molecule has 0 heterocycles. The summed E-state index contributed by atoms with van der Waals surface area (Å²) in [6.07, 6.45) is 0.308. The van der Waals surface area contributed by atoms with E-state index in [2.05, 4.69) is 10.6 Å². The van der Waals surface area contributed by atoms with E-state index in [1.54, 1.807) is 49.6 Å². The highest BCUT2D eigenvalue weighted by Crippen LogP contribution is 2.27. The van der Waals surface area contributed by atoms with Crippen LogP contribution < -0.4 is 15.4 Å². The molecule has 0 aromatic heterocycles. The van der Waals surface area contributed by atoms with Gasteiger partial charge in [0.05, 0.1) is 12.8 Å². The van der Waals surface area contributed by atoms with Gasteiger partial charge in [0.2, 0.25) is 5.91 Å². The molecule has 4 nitrogen and oxygen atoms in total. The second-order valence-corrected chi connectivity index (χ2v) is 5.45. The van der Waals surface area contributed by atoms with Gasteiger partial charge < -0.3 is 15.4 Å². The van der Waals surface area contributed by atoms with E-state index in [1.165, 1.54) is 0 Å². The van der Waals surface area contributed by atoms with Crippen LogP contribution >= 0.6 is 23.2 Å².